The molecule has 0 aromatic heterocycles. The standard InChI is InChI=1S/C13H18O2/c1-6-10-8-7-9-11(12(10)14-5)15-13(2,3)4/h6-9H,1H2,2-5H3. The van der Waals surface area contributed by atoms with Crippen molar-refractivity contribution >= 4 is 6.08 Å². The smallest absolute Gasteiger partial charge is 0.167 e. The van der Waals surface area contributed by atoms with Crippen LogP contribution >= 0.6 is 0 Å². The first-order chi connectivity index (χ1) is 6.98. The van der Waals surface area contributed by atoms with Crippen LogP contribution in [0.3, 0.4) is 0 Å². The SMILES string of the molecule is C=Cc1cccc(OC(C)(C)C)c1OC. The van der Waals surface area contributed by atoms with E-state index in [-0.39, 0.29) is 5.60 Å². The van der Waals surface area contributed by atoms with Gasteiger partial charge >= 0.3 is 0 Å². The van der Waals surface area contributed by atoms with Crippen molar-refractivity contribution in [2.24, 2.45) is 0 Å². The molecule has 0 amide bonds. The molecule has 82 valence electrons. The lowest BCUT2D eigenvalue weighted by atomic mass is 10.1. The van der Waals surface area contributed by atoms with Crippen LogP contribution in [-0.4, -0.2) is 12.7 Å². The molecule has 1 aromatic carbocycles. The number of rotatable bonds is 3. The first kappa shape index (κ1) is 11.6. The van der Waals surface area contributed by atoms with E-state index < -0.39 is 0 Å². The third kappa shape index (κ3) is 3.01. The van der Waals surface area contributed by atoms with Gasteiger partial charge in [-0.15, -0.1) is 0 Å². The Labute approximate surface area is 91.5 Å². The van der Waals surface area contributed by atoms with E-state index in [1.165, 1.54) is 0 Å². The van der Waals surface area contributed by atoms with E-state index in [9.17, 15) is 0 Å². The van der Waals surface area contributed by atoms with Crippen LogP contribution in [0.25, 0.3) is 6.08 Å². The summed E-state index contributed by atoms with van der Waals surface area (Å²) in [5, 5.41) is 0. The predicted octanol–water partition coefficient (Wildman–Crippen LogP) is 3.52. The highest BCUT2D eigenvalue weighted by atomic mass is 16.5. The second-order valence-electron chi connectivity index (χ2n) is 4.30. The van der Waals surface area contributed by atoms with Crippen molar-refractivity contribution in [2.75, 3.05) is 7.11 Å². The van der Waals surface area contributed by atoms with Crippen molar-refractivity contribution in [1.29, 1.82) is 0 Å². The maximum absolute atomic E-state index is 5.79. The van der Waals surface area contributed by atoms with Crippen molar-refractivity contribution in [3.8, 4) is 11.5 Å². The van der Waals surface area contributed by atoms with Crippen LogP contribution < -0.4 is 9.47 Å². The zero-order valence-electron chi connectivity index (χ0n) is 9.83. The Kier molecular flexibility index (Phi) is 3.40. The summed E-state index contributed by atoms with van der Waals surface area (Å²) in [4.78, 5) is 0. The molecule has 0 radical (unpaired) electrons. The Hall–Kier alpha value is -1.44. The van der Waals surface area contributed by atoms with Crippen LogP contribution in [0.2, 0.25) is 0 Å². The molecule has 1 aromatic rings. The van der Waals surface area contributed by atoms with Crippen LogP contribution in [0.5, 0.6) is 11.5 Å². The molecule has 0 N–H and O–H groups in total. The topological polar surface area (TPSA) is 18.5 Å². The number of para-hydroxylation sites is 1. The van der Waals surface area contributed by atoms with Gasteiger partial charge in [0.25, 0.3) is 0 Å². The van der Waals surface area contributed by atoms with Crippen LogP contribution in [0.4, 0.5) is 0 Å². The van der Waals surface area contributed by atoms with Gasteiger partial charge in [0.15, 0.2) is 11.5 Å². The van der Waals surface area contributed by atoms with Crippen LogP contribution in [0.1, 0.15) is 26.3 Å². The lowest BCUT2D eigenvalue weighted by Gasteiger charge is -2.23. The normalized spacial score (nSPS) is 10.9. The van der Waals surface area contributed by atoms with E-state index in [1.54, 1.807) is 13.2 Å². The Morgan fingerprint density at radius 2 is 1.93 bits per heavy atom. The highest BCUT2D eigenvalue weighted by Gasteiger charge is 2.16. The first-order valence-corrected chi connectivity index (χ1v) is 4.96. The molecule has 0 aliphatic heterocycles. The summed E-state index contributed by atoms with van der Waals surface area (Å²) in [6.45, 7) is 9.76. The van der Waals surface area contributed by atoms with Crippen molar-refractivity contribution in [1.82, 2.24) is 0 Å². The molecule has 0 aliphatic carbocycles. The second-order valence-corrected chi connectivity index (χ2v) is 4.30. The van der Waals surface area contributed by atoms with Gasteiger partial charge in [0, 0.05) is 5.56 Å². The highest BCUT2D eigenvalue weighted by molar-refractivity contribution is 5.61. The van der Waals surface area contributed by atoms with Gasteiger partial charge in [-0.2, -0.15) is 0 Å². The fourth-order valence-corrected chi connectivity index (χ4v) is 1.32. The zero-order valence-corrected chi connectivity index (χ0v) is 9.83. The van der Waals surface area contributed by atoms with E-state index >= 15 is 0 Å². The van der Waals surface area contributed by atoms with Crippen molar-refractivity contribution in [3.05, 3.63) is 30.3 Å². The molecule has 0 aliphatic rings. The van der Waals surface area contributed by atoms with Crippen LogP contribution in [0, 0.1) is 0 Å². The van der Waals surface area contributed by atoms with Gasteiger partial charge in [0.1, 0.15) is 5.60 Å². The van der Waals surface area contributed by atoms with Gasteiger partial charge in [-0.25, -0.2) is 0 Å². The first-order valence-electron chi connectivity index (χ1n) is 4.96. The van der Waals surface area contributed by atoms with Crippen LogP contribution in [-0.2, 0) is 0 Å². The minimum Gasteiger partial charge on any atom is -0.492 e. The predicted molar refractivity (Wildman–Crippen MR) is 63.5 cm³/mol. The van der Waals surface area contributed by atoms with E-state index in [1.807, 2.05) is 39.0 Å². The summed E-state index contributed by atoms with van der Waals surface area (Å²) in [6.07, 6.45) is 1.76. The molecule has 2 nitrogen and oxygen atoms in total. The molecular formula is C13H18O2. The summed E-state index contributed by atoms with van der Waals surface area (Å²) in [5.74, 6) is 1.49. The highest BCUT2D eigenvalue weighted by Crippen LogP contribution is 2.33. The maximum Gasteiger partial charge on any atom is 0.167 e. The Morgan fingerprint density at radius 1 is 1.27 bits per heavy atom. The largest absolute Gasteiger partial charge is 0.492 e. The van der Waals surface area contributed by atoms with E-state index in [0.717, 1.165) is 17.1 Å². The molecule has 0 bridgehead atoms. The molecule has 15 heavy (non-hydrogen) atoms. The number of hydrogen-bond donors (Lipinski definition) is 0. The Balaban J connectivity index is 3.12. The number of benzene rings is 1. The average Bonchev–Trinajstić information content (AvgIpc) is 2.15. The van der Waals surface area contributed by atoms with Gasteiger partial charge < -0.3 is 9.47 Å². The summed E-state index contributed by atoms with van der Waals surface area (Å²) < 4.78 is 11.1. The lowest BCUT2D eigenvalue weighted by Crippen LogP contribution is -2.23. The van der Waals surface area contributed by atoms with Crippen molar-refractivity contribution in [3.63, 3.8) is 0 Å². The molecule has 0 spiro atoms. The maximum atomic E-state index is 5.79. The molecular weight excluding hydrogens is 188 g/mol. The number of methoxy groups -OCH3 is 1. The molecule has 1 rings (SSSR count). The van der Waals surface area contributed by atoms with Gasteiger partial charge in [-0.05, 0) is 26.8 Å². The van der Waals surface area contributed by atoms with Gasteiger partial charge in [-0.3, -0.25) is 0 Å². The average molecular weight is 206 g/mol. The quantitative estimate of drug-likeness (QED) is 0.753. The molecule has 0 saturated heterocycles. The van der Waals surface area contributed by atoms with Crippen molar-refractivity contribution < 1.29 is 9.47 Å². The third-order valence-electron chi connectivity index (χ3n) is 1.85. The van der Waals surface area contributed by atoms with E-state index in [2.05, 4.69) is 6.58 Å². The third-order valence-corrected chi connectivity index (χ3v) is 1.85. The van der Waals surface area contributed by atoms with E-state index in [4.69, 9.17) is 9.47 Å². The Bertz CT molecular complexity index is 348. The van der Waals surface area contributed by atoms with Crippen LogP contribution in [0.15, 0.2) is 24.8 Å². The van der Waals surface area contributed by atoms with E-state index in [0.29, 0.717) is 0 Å². The summed E-state index contributed by atoms with van der Waals surface area (Å²) >= 11 is 0. The number of ether oxygens (including phenoxy) is 2. The van der Waals surface area contributed by atoms with Crippen molar-refractivity contribution in [2.45, 2.75) is 26.4 Å². The molecule has 2 heteroatoms. The lowest BCUT2D eigenvalue weighted by molar-refractivity contribution is 0.125. The molecule has 0 unspecified atom stereocenters. The monoisotopic (exact) mass is 206 g/mol. The zero-order chi connectivity index (χ0) is 11.5. The molecule has 0 atom stereocenters. The summed E-state index contributed by atoms with van der Waals surface area (Å²) in [5.41, 5.74) is 0.715. The number of hydrogen-bond acceptors (Lipinski definition) is 2. The minimum absolute atomic E-state index is 0.229. The molecule has 0 heterocycles. The molecule has 0 saturated carbocycles. The van der Waals surface area contributed by atoms with Gasteiger partial charge in [0.05, 0.1) is 7.11 Å². The fourth-order valence-electron chi connectivity index (χ4n) is 1.32. The molecule has 0 fully saturated rings. The fraction of sp³-hybridized carbons (Fsp3) is 0.385. The van der Waals surface area contributed by atoms with Gasteiger partial charge in [0.2, 0.25) is 0 Å². The summed E-state index contributed by atoms with van der Waals surface area (Å²) in [6, 6.07) is 5.78. The minimum atomic E-state index is -0.229. The second kappa shape index (κ2) is 4.39. The Morgan fingerprint density at radius 3 is 2.40 bits per heavy atom. The van der Waals surface area contributed by atoms with Gasteiger partial charge in [-0.1, -0.05) is 24.8 Å². The summed E-state index contributed by atoms with van der Waals surface area (Å²) in [7, 11) is 1.64.